The molecule has 1 saturated carbocycles. The molecular weight excluding hydrogens is 451 g/mol. The maximum Gasteiger partial charge on any atom is 0.293 e. The number of rotatable bonds is 7. The Morgan fingerprint density at radius 3 is 2.91 bits per heavy atom. The molecule has 0 saturated heterocycles. The van der Waals surface area contributed by atoms with Crippen LogP contribution in [0.5, 0.6) is 0 Å². The van der Waals surface area contributed by atoms with E-state index in [4.69, 9.17) is 27.9 Å². The highest BCUT2D eigenvalue weighted by Gasteiger charge is 2.32. The topological polar surface area (TPSA) is 87.3 Å². The van der Waals surface area contributed by atoms with Gasteiger partial charge in [-0.3, -0.25) is 14.5 Å². The van der Waals surface area contributed by atoms with Crippen molar-refractivity contribution in [2.75, 3.05) is 25.0 Å². The van der Waals surface area contributed by atoms with E-state index in [0.717, 1.165) is 47.1 Å². The molecule has 2 aromatic heterocycles. The summed E-state index contributed by atoms with van der Waals surface area (Å²) in [5, 5.41) is 5.25. The Labute approximate surface area is 195 Å². The largest absolute Gasteiger partial charge is 0.466 e. The Morgan fingerprint density at radius 2 is 2.12 bits per heavy atom. The summed E-state index contributed by atoms with van der Waals surface area (Å²) >= 11 is 12.4. The zero-order chi connectivity index (χ0) is 22.2. The molecule has 1 unspecified atom stereocenters. The van der Waals surface area contributed by atoms with Crippen LogP contribution in [0.2, 0.25) is 10.0 Å². The molecule has 0 bridgehead atoms. The van der Waals surface area contributed by atoms with Gasteiger partial charge in [-0.25, -0.2) is 4.98 Å². The first-order valence-corrected chi connectivity index (χ1v) is 11.3. The number of fused-ring (bicyclic) bond motifs is 3. The van der Waals surface area contributed by atoms with Crippen molar-refractivity contribution in [3.05, 3.63) is 57.3 Å². The predicted octanol–water partition coefficient (Wildman–Crippen LogP) is 4.46. The highest BCUT2D eigenvalue weighted by molar-refractivity contribution is 6.31. The number of H-pyrrole nitrogens is 1. The number of nitrogens with zero attached hydrogens (tertiary/aromatic N) is 2. The molecule has 1 amide bonds. The van der Waals surface area contributed by atoms with Gasteiger partial charge in [0.2, 0.25) is 5.91 Å². The third-order valence-corrected chi connectivity index (χ3v) is 6.65. The molecule has 1 atom stereocenters. The average Bonchev–Trinajstić information content (AvgIpc) is 3.55. The monoisotopic (exact) mass is 472 g/mol. The third kappa shape index (κ3) is 4.20. The molecule has 1 fully saturated rings. The lowest BCUT2D eigenvalue weighted by atomic mass is 9.97. The molecule has 0 radical (unpaired) electrons. The van der Waals surface area contributed by atoms with Gasteiger partial charge < -0.3 is 15.0 Å². The number of carbonyl (C=O) groups is 2. The second-order valence-electron chi connectivity index (χ2n) is 8.26. The summed E-state index contributed by atoms with van der Waals surface area (Å²) in [6, 6.07) is 8.95. The summed E-state index contributed by atoms with van der Waals surface area (Å²) in [4.78, 5) is 33.7. The van der Waals surface area contributed by atoms with Gasteiger partial charge in [-0.05, 0) is 55.2 Å². The number of pyridine rings is 1. The summed E-state index contributed by atoms with van der Waals surface area (Å²) < 4.78 is 5.11. The lowest BCUT2D eigenvalue weighted by molar-refractivity contribution is -0.130. The zero-order valence-corrected chi connectivity index (χ0v) is 18.7. The number of ether oxygens (including phenoxy) is 1. The molecule has 5 rings (SSSR count). The van der Waals surface area contributed by atoms with E-state index in [1.54, 1.807) is 12.1 Å². The van der Waals surface area contributed by atoms with E-state index in [2.05, 4.69) is 15.3 Å². The molecule has 1 aliphatic carbocycles. The summed E-state index contributed by atoms with van der Waals surface area (Å²) in [6.07, 6.45) is 2.91. The normalized spacial score (nSPS) is 18.4. The molecule has 2 aliphatic rings. The van der Waals surface area contributed by atoms with E-state index in [0.29, 0.717) is 34.8 Å². The predicted molar refractivity (Wildman–Crippen MR) is 123 cm³/mol. The SMILES string of the molecule is O=COCC1c2[nH]c3ccc(Cl)cc3c2CCN1CC(=O)Nc1ccc(Cl)c(C2CC2)n1. The van der Waals surface area contributed by atoms with Crippen LogP contribution in [0.15, 0.2) is 30.3 Å². The first-order chi connectivity index (χ1) is 15.5. The maximum atomic E-state index is 12.8. The average molecular weight is 473 g/mol. The van der Waals surface area contributed by atoms with Gasteiger partial charge >= 0.3 is 0 Å². The Bertz CT molecular complexity index is 1190. The van der Waals surface area contributed by atoms with Crippen LogP contribution in [-0.2, 0) is 20.7 Å². The van der Waals surface area contributed by atoms with Gasteiger partial charge in [0, 0.05) is 34.1 Å². The lowest BCUT2D eigenvalue weighted by Crippen LogP contribution is -2.42. The van der Waals surface area contributed by atoms with Gasteiger partial charge in [-0.1, -0.05) is 23.2 Å². The van der Waals surface area contributed by atoms with Crippen molar-refractivity contribution < 1.29 is 14.3 Å². The Kier molecular flexibility index (Phi) is 5.80. The number of aromatic nitrogens is 2. The van der Waals surface area contributed by atoms with Crippen molar-refractivity contribution in [2.45, 2.75) is 31.2 Å². The quantitative estimate of drug-likeness (QED) is 0.495. The van der Waals surface area contributed by atoms with Crippen LogP contribution < -0.4 is 5.32 Å². The van der Waals surface area contributed by atoms with Crippen LogP contribution in [0.4, 0.5) is 5.82 Å². The standard InChI is InChI=1S/C23H22Cl2N4O3/c24-14-3-5-18-16(9-14)15-7-8-29(19(11-32-12-30)23(15)26-18)10-21(31)27-20-6-4-17(25)22(28-20)13-1-2-13/h3-6,9,12-13,19,26H,1-2,7-8,10-11H2,(H,27,28,31). The van der Waals surface area contributed by atoms with E-state index < -0.39 is 0 Å². The number of carbonyl (C=O) groups excluding carboxylic acids is 2. The fourth-order valence-corrected chi connectivity index (χ4v) is 4.87. The van der Waals surface area contributed by atoms with Gasteiger partial charge in [-0.2, -0.15) is 0 Å². The molecule has 1 aliphatic heterocycles. The second-order valence-corrected chi connectivity index (χ2v) is 9.10. The van der Waals surface area contributed by atoms with Crippen LogP contribution in [-0.4, -0.2) is 46.9 Å². The van der Waals surface area contributed by atoms with E-state index in [-0.39, 0.29) is 25.1 Å². The summed E-state index contributed by atoms with van der Waals surface area (Å²) in [7, 11) is 0. The Morgan fingerprint density at radius 1 is 1.28 bits per heavy atom. The number of amides is 1. The second kappa shape index (κ2) is 8.73. The molecule has 3 aromatic rings. The fourth-order valence-electron chi connectivity index (χ4n) is 4.43. The number of benzene rings is 1. The molecule has 1 aromatic carbocycles. The summed E-state index contributed by atoms with van der Waals surface area (Å²) in [6.45, 7) is 1.37. The van der Waals surface area contributed by atoms with Crippen molar-refractivity contribution in [2.24, 2.45) is 0 Å². The molecule has 9 heteroatoms. The summed E-state index contributed by atoms with van der Waals surface area (Å²) in [5.41, 5.74) is 3.91. The van der Waals surface area contributed by atoms with Gasteiger partial charge in [0.1, 0.15) is 12.4 Å². The minimum atomic E-state index is -0.263. The molecular formula is C23H22Cl2N4O3. The molecule has 3 heterocycles. The van der Waals surface area contributed by atoms with Gasteiger partial charge in [-0.15, -0.1) is 0 Å². The van der Waals surface area contributed by atoms with Gasteiger partial charge in [0.05, 0.1) is 23.3 Å². The number of hydrogen-bond acceptors (Lipinski definition) is 5. The third-order valence-electron chi connectivity index (χ3n) is 6.10. The van der Waals surface area contributed by atoms with Crippen LogP contribution in [0.3, 0.4) is 0 Å². The Hall–Kier alpha value is -2.61. The zero-order valence-electron chi connectivity index (χ0n) is 17.2. The van der Waals surface area contributed by atoms with Crippen molar-refractivity contribution in [1.29, 1.82) is 0 Å². The van der Waals surface area contributed by atoms with Crippen LogP contribution in [0, 0.1) is 0 Å². The number of aromatic amines is 1. The highest BCUT2D eigenvalue weighted by atomic mass is 35.5. The van der Waals surface area contributed by atoms with Crippen molar-refractivity contribution in [1.82, 2.24) is 14.9 Å². The van der Waals surface area contributed by atoms with Crippen molar-refractivity contribution >= 4 is 52.3 Å². The smallest absolute Gasteiger partial charge is 0.293 e. The number of nitrogens with one attached hydrogen (secondary N) is 2. The molecule has 32 heavy (non-hydrogen) atoms. The highest BCUT2D eigenvalue weighted by Crippen LogP contribution is 2.42. The lowest BCUT2D eigenvalue weighted by Gasteiger charge is -2.34. The fraction of sp³-hybridized carbons (Fsp3) is 0.348. The van der Waals surface area contributed by atoms with E-state index in [1.807, 2.05) is 23.1 Å². The molecule has 0 spiro atoms. The molecule has 2 N–H and O–H groups in total. The maximum absolute atomic E-state index is 12.8. The van der Waals surface area contributed by atoms with E-state index >= 15 is 0 Å². The minimum Gasteiger partial charge on any atom is -0.466 e. The van der Waals surface area contributed by atoms with E-state index in [1.165, 1.54) is 0 Å². The molecule has 166 valence electrons. The Balaban J connectivity index is 1.35. The number of halogens is 2. The van der Waals surface area contributed by atoms with Gasteiger partial charge in [0.25, 0.3) is 6.47 Å². The first kappa shape index (κ1) is 21.2. The van der Waals surface area contributed by atoms with Gasteiger partial charge in [0.15, 0.2) is 0 Å². The van der Waals surface area contributed by atoms with Crippen molar-refractivity contribution in [3.63, 3.8) is 0 Å². The number of anilines is 1. The van der Waals surface area contributed by atoms with Crippen molar-refractivity contribution in [3.8, 4) is 0 Å². The molecule has 7 nitrogen and oxygen atoms in total. The van der Waals surface area contributed by atoms with Crippen LogP contribution in [0.1, 0.15) is 41.8 Å². The van der Waals surface area contributed by atoms with Crippen LogP contribution in [0.25, 0.3) is 10.9 Å². The minimum absolute atomic E-state index is 0.144. The summed E-state index contributed by atoms with van der Waals surface area (Å²) in [5.74, 6) is 0.709. The van der Waals surface area contributed by atoms with Crippen LogP contribution >= 0.6 is 23.2 Å². The number of hydrogen-bond donors (Lipinski definition) is 2. The first-order valence-electron chi connectivity index (χ1n) is 10.6. The van der Waals surface area contributed by atoms with E-state index in [9.17, 15) is 9.59 Å².